The van der Waals surface area contributed by atoms with Crippen LogP contribution in [0.2, 0.25) is 0 Å². The average Bonchev–Trinajstić information content (AvgIpc) is 1.85. The molecule has 7 heteroatoms. The van der Waals surface area contributed by atoms with Crippen molar-refractivity contribution in [2.45, 2.75) is 6.92 Å². The number of hydroxylamine groups is 1. The Morgan fingerprint density at radius 2 is 2.09 bits per heavy atom. The van der Waals surface area contributed by atoms with E-state index < -0.39 is 16.9 Å². The molecular weight excluding hydrogens is 182 g/mol. The lowest BCUT2D eigenvalue weighted by molar-refractivity contribution is -0.122. The highest BCUT2D eigenvalue weighted by Gasteiger charge is 1.91. The standard InChI is InChI=1S/C4H7NO4S.Mg.2H/c1-2-3-4(6)5-9-10(7)8;;;/h2-3,10H,1H3,(H,5,6);;;. The molecule has 0 atom stereocenters. The number of hydrogen-bond acceptors (Lipinski definition) is 4. The SMILES string of the molecule is CC=CC(=O)NO[SH](=O)=O.[MgH2]. The molecule has 0 aliphatic heterocycles. The van der Waals surface area contributed by atoms with Gasteiger partial charge in [0.15, 0.2) is 0 Å². The van der Waals surface area contributed by atoms with Gasteiger partial charge in [-0.25, -0.2) is 13.9 Å². The van der Waals surface area contributed by atoms with E-state index in [0.717, 1.165) is 6.08 Å². The molecule has 0 saturated heterocycles. The van der Waals surface area contributed by atoms with E-state index in [1.54, 1.807) is 12.4 Å². The van der Waals surface area contributed by atoms with Gasteiger partial charge in [0.05, 0.1) is 0 Å². The van der Waals surface area contributed by atoms with Gasteiger partial charge in [-0.05, 0) is 6.92 Å². The van der Waals surface area contributed by atoms with Crippen molar-refractivity contribution in [1.29, 1.82) is 0 Å². The Morgan fingerprint density at radius 3 is 2.45 bits per heavy atom. The van der Waals surface area contributed by atoms with Crippen LogP contribution in [0.15, 0.2) is 12.2 Å². The predicted molar refractivity (Wildman–Crippen MR) is 42.9 cm³/mol. The lowest BCUT2D eigenvalue weighted by Crippen LogP contribution is -2.20. The Kier molecular flexibility index (Phi) is 9.78. The molecule has 0 saturated carbocycles. The maximum Gasteiger partial charge on any atom is 0.316 e. The Balaban J connectivity index is 0. The Hall–Kier alpha value is -0.114. The van der Waals surface area contributed by atoms with Crippen LogP contribution in [0.1, 0.15) is 6.92 Å². The average molecular weight is 191 g/mol. The molecule has 62 valence electrons. The number of allylic oxidation sites excluding steroid dienone is 1. The summed E-state index contributed by atoms with van der Waals surface area (Å²) in [4.78, 5) is 10.4. The summed E-state index contributed by atoms with van der Waals surface area (Å²) in [5, 5.41) is 0. The van der Waals surface area contributed by atoms with Crippen LogP contribution in [0.3, 0.4) is 0 Å². The van der Waals surface area contributed by atoms with Gasteiger partial charge in [0.2, 0.25) is 0 Å². The molecule has 0 aromatic carbocycles. The molecule has 0 radical (unpaired) electrons. The molecule has 0 spiro atoms. The zero-order chi connectivity index (χ0) is 7.98. The summed E-state index contributed by atoms with van der Waals surface area (Å²) in [7, 11) is -3.01. The van der Waals surface area contributed by atoms with Crippen molar-refractivity contribution >= 4 is 39.9 Å². The zero-order valence-corrected chi connectivity index (χ0v) is 6.13. The van der Waals surface area contributed by atoms with Gasteiger partial charge in [-0.3, -0.25) is 4.79 Å². The Labute approximate surface area is 82.1 Å². The van der Waals surface area contributed by atoms with Crippen LogP contribution in [-0.4, -0.2) is 37.4 Å². The van der Waals surface area contributed by atoms with Gasteiger partial charge in [-0.2, -0.15) is 4.28 Å². The van der Waals surface area contributed by atoms with E-state index in [1.807, 2.05) is 0 Å². The smallest absolute Gasteiger partial charge is 0.268 e. The first-order chi connectivity index (χ1) is 4.66. The molecule has 1 N–H and O–H groups in total. The number of amides is 1. The lowest BCUT2D eigenvalue weighted by Gasteiger charge is -1.91. The van der Waals surface area contributed by atoms with Crippen molar-refractivity contribution in [3.05, 3.63) is 12.2 Å². The third-order valence-corrected chi connectivity index (χ3v) is 0.779. The predicted octanol–water partition coefficient (Wildman–Crippen LogP) is -1.78. The first-order valence-corrected chi connectivity index (χ1v) is 3.50. The van der Waals surface area contributed by atoms with Crippen LogP contribution in [0, 0.1) is 0 Å². The van der Waals surface area contributed by atoms with Gasteiger partial charge in [-0.1, -0.05) is 6.08 Å². The summed E-state index contributed by atoms with van der Waals surface area (Å²) < 4.78 is 23.1. The second-order valence-electron chi connectivity index (χ2n) is 1.28. The quantitative estimate of drug-likeness (QED) is 0.239. The summed E-state index contributed by atoms with van der Waals surface area (Å²) in [6, 6.07) is 0. The molecule has 1 amide bonds. The molecule has 0 aliphatic rings. The largest absolute Gasteiger partial charge is 0.316 e. The van der Waals surface area contributed by atoms with Gasteiger partial charge in [0.1, 0.15) is 0 Å². The van der Waals surface area contributed by atoms with Gasteiger partial charge >= 0.3 is 23.1 Å². The highest BCUT2D eigenvalue weighted by molar-refractivity contribution is 7.67. The summed E-state index contributed by atoms with van der Waals surface area (Å²) in [6.45, 7) is 1.62. The zero-order valence-electron chi connectivity index (χ0n) is 5.23. The van der Waals surface area contributed by atoms with Crippen molar-refractivity contribution in [2.75, 3.05) is 0 Å². The van der Waals surface area contributed by atoms with E-state index in [4.69, 9.17) is 0 Å². The number of carbonyl (C=O) groups is 1. The van der Waals surface area contributed by atoms with E-state index in [9.17, 15) is 13.2 Å². The van der Waals surface area contributed by atoms with Crippen molar-refractivity contribution in [1.82, 2.24) is 5.48 Å². The minimum Gasteiger partial charge on any atom is -0.268 e. The summed E-state index contributed by atoms with van der Waals surface area (Å²) in [6.07, 6.45) is 2.59. The third-order valence-electron chi connectivity index (χ3n) is 0.539. The highest BCUT2D eigenvalue weighted by Crippen LogP contribution is 1.71. The van der Waals surface area contributed by atoms with Crippen LogP contribution in [-0.2, 0) is 20.1 Å². The van der Waals surface area contributed by atoms with Crippen LogP contribution in [0.5, 0.6) is 0 Å². The van der Waals surface area contributed by atoms with E-state index in [-0.39, 0.29) is 23.1 Å². The minimum atomic E-state index is -3.01. The molecule has 5 nitrogen and oxygen atoms in total. The Bertz CT molecular complexity index is 204. The normalized spacial score (nSPS) is 9.64. The van der Waals surface area contributed by atoms with Crippen molar-refractivity contribution in [2.24, 2.45) is 0 Å². The van der Waals surface area contributed by atoms with Gasteiger partial charge in [0, 0.05) is 6.08 Å². The van der Waals surface area contributed by atoms with Gasteiger partial charge < -0.3 is 0 Å². The minimum absolute atomic E-state index is 0. The molecule has 0 aromatic heterocycles. The molecule has 11 heavy (non-hydrogen) atoms. The van der Waals surface area contributed by atoms with Crippen molar-refractivity contribution in [3.63, 3.8) is 0 Å². The number of rotatable bonds is 3. The molecule has 0 heterocycles. The van der Waals surface area contributed by atoms with E-state index in [1.165, 1.54) is 6.08 Å². The number of thiol groups is 1. The lowest BCUT2D eigenvalue weighted by atomic mass is 10.5. The summed E-state index contributed by atoms with van der Waals surface area (Å²) in [5.74, 6) is -0.610. The van der Waals surface area contributed by atoms with Crippen molar-refractivity contribution in [3.8, 4) is 0 Å². The monoisotopic (exact) mass is 191 g/mol. The molecular formula is C4H9MgNO4S. The van der Waals surface area contributed by atoms with Gasteiger partial charge in [0.25, 0.3) is 16.9 Å². The maximum absolute atomic E-state index is 10.4. The fourth-order valence-electron chi connectivity index (χ4n) is 0.268. The van der Waals surface area contributed by atoms with Crippen LogP contribution in [0.4, 0.5) is 0 Å². The third kappa shape index (κ3) is 9.89. The van der Waals surface area contributed by atoms with E-state index >= 15 is 0 Å². The van der Waals surface area contributed by atoms with Crippen LogP contribution >= 0.6 is 0 Å². The van der Waals surface area contributed by atoms with Crippen LogP contribution < -0.4 is 5.48 Å². The molecule has 0 unspecified atom stereocenters. The summed E-state index contributed by atoms with van der Waals surface area (Å²) in [5.41, 5.74) is 1.66. The topological polar surface area (TPSA) is 72.5 Å². The van der Waals surface area contributed by atoms with Crippen molar-refractivity contribution < 1.29 is 17.5 Å². The molecule has 0 aliphatic carbocycles. The summed E-state index contributed by atoms with van der Waals surface area (Å²) >= 11 is 0. The second kappa shape index (κ2) is 7.99. The first-order valence-electron chi connectivity index (χ1n) is 2.41. The first kappa shape index (κ1) is 13.5. The van der Waals surface area contributed by atoms with E-state index in [2.05, 4.69) is 4.28 Å². The molecule has 0 rings (SSSR count). The molecule has 0 aromatic rings. The fraction of sp³-hybridized carbons (Fsp3) is 0.250. The fourth-order valence-corrected chi connectivity index (χ4v) is 0.432. The molecule has 0 fully saturated rings. The van der Waals surface area contributed by atoms with E-state index in [0.29, 0.717) is 0 Å². The number of nitrogens with one attached hydrogen (secondary N) is 1. The number of hydrogen-bond donors (Lipinski definition) is 2. The van der Waals surface area contributed by atoms with Gasteiger partial charge in [-0.15, -0.1) is 0 Å². The second-order valence-corrected chi connectivity index (χ2v) is 1.91. The maximum atomic E-state index is 10.4. The molecule has 0 bridgehead atoms. The van der Waals surface area contributed by atoms with Crippen LogP contribution in [0.25, 0.3) is 0 Å². The highest BCUT2D eigenvalue weighted by atomic mass is 32.2. The number of carbonyl (C=O) groups excluding carboxylic acids is 1. The Morgan fingerprint density at radius 1 is 1.55 bits per heavy atom.